The lowest BCUT2D eigenvalue weighted by Gasteiger charge is -2.37. The molecule has 1 saturated heterocycles. The summed E-state index contributed by atoms with van der Waals surface area (Å²) in [4.78, 5) is 55.9. The Morgan fingerprint density at radius 1 is 1.02 bits per heavy atom. The minimum atomic E-state index is -0.605. The van der Waals surface area contributed by atoms with E-state index in [9.17, 15) is 14.4 Å². The van der Waals surface area contributed by atoms with Gasteiger partial charge in [-0.15, -0.1) is 0 Å². The zero-order valence-corrected chi connectivity index (χ0v) is 32.0. The number of aromatic nitrogens is 4. The van der Waals surface area contributed by atoms with Crippen LogP contribution in [0.2, 0.25) is 5.02 Å². The number of ether oxygens (including phenoxy) is 2. The van der Waals surface area contributed by atoms with Crippen molar-refractivity contribution in [3.63, 3.8) is 0 Å². The number of pyridine rings is 2. The maximum atomic E-state index is 13.7. The largest absolute Gasteiger partial charge is 0.469 e. The molecule has 0 bridgehead atoms. The van der Waals surface area contributed by atoms with Crippen LogP contribution in [0.25, 0.3) is 22.0 Å². The van der Waals surface area contributed by atoms with Crippen molar-refractivity contribution in [2.45, 2.75) is 52.8 Å². The van der Waals surface area contributed by atoms with Crippen molar-refractivity contribution in [3.8, 4) is 11.1 Å². The zero-order valence-electron chi connectivity index (χ0n) is 31.2. The van der Waals surface area contributed by atoms with Gasteiger partial charge in [0.2, 0.25) is 0 Å². The molecule has 7 rings (SSSR count). The van der Waals surface area contributed by atoms with Crippen LogP contribution in [-0.4, -0.2) is 79.6 Å². The van der Waals surface area contributed by atoms with Crippen molar-refractivity contribution in [2.24, 2.45) is 13.0 Å². The van der Waals surface area contributed by atoms with Crippen LogP contribution in [0.5, 0.6) is 0 Å². The number of nitrogens with one attached hydrogen (secondary N) is 2. The van der Waals surface area contributed by atoms with Crippen LogP contribution in [0.1, 0.15) is 53.9 Å². The molecule has 14 heteroatoms. The summed E-state index contributed by atoms with van der Waals surface area (Å²) < 4.78 is 12.2. The molecule has 1 fully saturated rings. The summed E-state index contributed by atoms with van der Waals surface area (Å²) in [6.45, 7) is 10.2. The van der Waals surface area contributed by atoms with Crippen LogP contribution in [-0.2, 0) is 40.8 Å². The van der Waals surface area contributed by atoms with Gasteiger partial charge in [0.05, 0.1) is 36.0 Å². The van der Waals surface area contributed by atoms with Crippen molar-refractivity contribution in [1.82, 2.24) is 29.3 Å². The molecule has 0 aliphatic carbocycles. The summed E-state index contributed by atoms with van der Waals surface area (Å²) in [7, 11) is 3.24. The molecule has 280 valence electrons. The van der Waals surface area contributed by atoms with Gasteiger partial charge >= 0.3 is 12.1 Å². The number of imidazole rings is 1. The van der Waals surface area contributed by atoms with E-state index in [0.29, 0.717) is 66.0 Å². The Morgan fingerprint density at radius 2 is 1.76 bits per heavy atom. The standard InChI is InChI=1S/C40H43ClN8O5/c1-23-27(9-7-11-29(23)46-37(50)36-45-31-22-49(16-14-32(31)47(36)5)39(52)54-40(2,3)4)28-10-8-12-30(33(28)41)44-35-34-25(13-15-42-35)17-24(18-43-34)19-48-20-26(21-48)38(51)53-6/h7-13,15,17-18,26H,14,16,19-22H2,1-6H3,(H,42,44)(H,46,50). The van der Waals surface area contributed by atoms with E-state index in [1.54, 1.807) is 15.7 Å². The van der Waals surface area contributed by atoms with Gasteiger partial charge in [-0.05, 0) is 68.7 Å². The van der Waals surface area contributed by atoms with Crippen molar-refractivity contribution < 1.29 is 23.9 Å². The number of nitrogens with zero attached hydrogens (tertiary/aromatic N) is 6. The molecule has 5 heterocycles. The third kappa shape index (κ3) is 7.46. The molecule has 3 aromatic heterocycles. The zero-order chi connectivity index (χ0) is 38.3. The summed E-state index contributed by atoms with van der Waals surface area (Å²) in [5.41, 5.74) is 6.47. The monoisotopic (exact) mass is 750 g/mol. The first-order valence-corrected chi connectivity index (χ1v) is 18.2. The Hall–Kier alpha value is -5.53. The fourth-order valence-electron chi connectivity index (χ4n) is 6.98. The van der Waals surface area contributed by atoms with E-state index in [-0.39, 0.29) is 30.2 Å². The minimum absolute atomic E-state index is 0.0763. The number of hydrogen-bond donors (Lipinski definition) is 2. The second-order valence-corrected chi connectivity index (χ2v) is 15.1. The molecule has 0 unspecified atom stereocenters. The summed E-state index contributed by atoms with van der Waals surface area (Å²) >= 11 is 7.08. The summed E-state index contributed by atoms with van der Waals surface area (Å²) in [5.74, 6) is 0.226. The van der Waals surface area contributed by atoms with E-state index in [2.05, 4.69) is 31.6 Å². The lowest BCUT2D eigenvalue weighted by atomic mass is 9.98. The van der Waals surface area contributed by atoms with Gasteiger partial charge in [0.1, 0.15) is 11.1 Å². The van der Waals surface area contributed by atoms with Crippen LogP contribution in [0.3, 0.4) is 0 Å². The minimum Gasteiger partial charge on any atom is -0.469 e. The lowest BCUT2D eigenvalue weighted by molar-refractivity contribution is -0.151. The van der Waals surface area contributed by atoms with Gasteiger partial charge in [0, 0.05) is 74.4 Å². The molecule has 5 aromatic rings. The maximum Gasteiger partial charge on any atom is 0.410 e. The van der Waals surface area contributed by atoms with Crippen molar-refractivity contribution >= 4 is 57.7 Å². The Morgan fingerprint density at radius 3 is 2.50 bits per heavy atom. The molecule has 0 spiro atoms. The average molecular weight is 751 g/mol. The van der Waals surface area contributed by atoms with Crippen molar-refractivity contribution in [3.05, 3.63) is 94.3 Å². The molecular formula is C40H43ClN8O5. The second-order valence-electron chi connectivity index (χ2n) is 14.8. The third-order valence-electron chi connectivity index (χ3n) is 9.79. The number of halogens is 1. The molecule has 2 aliphatic heterocycles. The second kappa shape index (κ2) is 14.7. The molecule has 13 nitrogen and oxygen atoms in total. The van der Waals surface area contributed by atoms with E-state index in [1.165, 1.54) is 7.11 Å². The van der Waals surface area contributed by atoms with Crippen LogP contribution >= 0.6 is 11.6 Å². The van der Waals surface area contributed by atoms with Gasteiger partial charge in [-0.1, -0.05) is 35.9 Å². The average Bonchev–Trinajstić information content (AvgIpc) is 3.46. The molecule has 2 aliphatic rings. The van der Waals surface area contributed by atoms with Gasteiger partial charge < -0.3 is 29.6 Å². The number of carbonyl (C=O) groups excluding carboxylic acids is 3. The fraction of sp³-hybridized carbons (Fsp3) is 0.350. The number of amides is 2. The van der Waals surface area contributed by atoms with E-state index in [4.69, 9.17) is 26.1 Å². The first-order valence-electron chi connectivity index (χ1n) is 17.8. The van der Waals surface area contributed by atoms with Crippen LogP contribution in [0.4, 0.5) is 22.0 Å². The quantitative estimate of drug-likeness (QED) is 0.161. The molecule has 0 radical (unpaired) electrons. The Balaban J connectivity index is 1.07. The van der Waals surface area contributed by atoms with Gasteiger partial charge in [0.15, 0.2) is 11.6 Å². The Labute approximate surface area is 318 Å². The normalized spacial score (nSPS) is 14.7. The van der Waals surface area contributed by atoms with E-state index >= 15 is 0 Å². The van der Waals surface area contributed by atoms with Crippen LogP contribution in [0.15, 0.2) is 60.9 Å². The SMILES string of the molecule is COC(=O)C1CN(Cc2cnc3c(Nc4cccc(-c5cccc(NC(=O)c6nc7c(n6C)CCN(C(=O)OC(C)(C)C)C7)c5C)c4Cl)nccc3c2)C1. The van der Waals surface area contributed by atoms with Gasteiger partial charge in [0.25, 0.3) is 5.91 Å². The topological polar surface area (TPSA) is 144 Å². The van der Waals surface area contributed by atoms with E-state index in [0.717, 1.165) is 33.3 Å². The number of anilines is 3. The highest BCUT2D eigenvalue weighted by molar-refractivity contribution is 6.36. The predicted molar refractivity (Wildman–Crippen MR) is 207 cm³/mol. The number of benzene rings is 2. The first-order chi connectivity index (χ1) is 25.8. The highest BCUT2D eigenvalue weighted by atomic mass is 35.5. The fourth-order valence-corrected chi connectivity index (χ4v) is 7.25. The Bertz CT molecular complexity index is 2280. The molecule has 2 N–H and O–H groups in total. The first kappa shape index (κ1) is 36.8. The van der Waals surface area contributed by atoms with Crippen molar-refractivity contribution in [1.29, 1.82) is 0 Å². The van der Waals surface area contributed by atoms with Gasteiger partial charge in [-0.3, -0.25) is 19.5 Å². The molecule has 0 saturated carbocycles. The molecular weight excluding hydrogens is 708 g/mol. The van der Waals surface area contributed by atoms with Crippen molar-refractivity contribution in [2.75, 3.05) is 37.4 Å². The predicted octanol–water partition coefficient (Wildman–Crippen LogP) is 6.89. The third-order valence-corrected chi connectivity index (χ3v) is 10.2. The molecule has 2 aromatic carbocycles. The number of likely N-dealkylation sites (tertiary alicyclic amines) is 1. The number of hydrogen-bond acceptors (Lipinski definition) is 10. The number of fused-ring (bicyclic) bond motifs is 2. The number of esters is 1. The summed E-state index contributed by atoms with van der Waals surface area (Å²) in [6, 6.07) is 15.4. The summed E-state index contributed by atoms with van der Waals surface area (Å²) in [5, 5.41) is 7.86. The number of methoxy groups -OCH3 is 1. The summed E-state index contributed by atoms with van der Waals surface area (Å²) in [6.07, 6.45) is 3.73. The smallest absolute Gasteiger partial charge is 0.410 e. The van der Waals surface area contributed by atoms with E-state index < -0.39 is 11.7 Å². The lowest BCUT2D eigenvalue weighted by Crippen LogP contribution is -2.49. The number of rotatable bonds is 8. The van der Waals surface area contributed by atoms with Gasteiger partial charge in [-0.25, -0.2) is 14.8 Å². The molecule has 2 amide bonds. The van der Waals surface area contributed by atoms with Crippen LogP contribution in [0, 0.1) is 12.8 Å². The Kier molecular flexibility index (Phi) is 10.0. The highest BCUT2D eigenvalue weighted by Gasteiger charge is 2.33. The highest BCUT2D eigenvalue weighted by Crippen LogP contribution is 2.39. The van der Waals surface area contributed by atoms with Gasteiger partial charge in [-0.2, -0.15) is 0 Å². The molecule has 54 heavy (non-hydrogen) atoms. The van der Waals surface area contributed by atoms with Crippen LogP contribution < -0.4 is 10.6 Å². The van der Waals surface area contributed by atoms with E-state index in [1.807, 2.05) is 83.4 Å². The number of carbonyl (C=O) groups is 3. The maximum absolute atomic E-state index is 13.7. The molecule has 0 atom stereocenters.